The maximum absolute atomic E-state index is 13.6. The summed E-state index contributed by atoms with van der Waals surface area (Å²) in [4.78, 5) is 26.9. The van der Waals surface area contributed by atoms with Crippen LogP contribution >= 0.6 is 0 Å². The predicted octanol–water partition coefficient (Wildman–Crippen LogP) is 2.11. The molecule has 2 saturated heterocycles. The lowest BCUT2D eigenvalue weighted by Crippen LogP contribution is -2.41. The quantitative estimate of drug-likeness (QED) is 0.384. The first-order valence-corrected chi connectivity index (χ1v) is 15.4. The number of aliphatic hydroxyl groups is 2. The van der Waals surface area contributed by atoms with Gasteiger partial charge in [0.05, 0.1) is 34.9 Å². The van der Waals surface area contributed by atoms with Crippen molar-refractivity contribution in [3.05, 3.63) is 35.5 Å². The summed E-state index contributed by atoms with van der Waals surface area (Å²) >= 11 is 0. The molecule has 4 N–H and O–H groups in total. The molecule has 2 saturated carbocycles. The van der Waals surface area contributed by atoms with Gasteiger partial charge in [0.15, 0.2) is 0 Å². The van der Waals surface area contributed by atoms with Gasteiger partial charge in [-0.15, -0.1) is 0 Å². The number of carbonyl (C=O) groups is 1. The Morgan fingerprint density at radius 3 is 2.56 bits per heavy atom. The Morgan fingerprint density at radius 2 is 1.87 bits per heavy atom. The number of anilines is 4. The number of benzene rings is 1. The third-order valence-corrected chi connectivity index (χ3v) is 10.0. The number of aliphatic hydroxyl groups excluding tert-OH is 1. The van der Waals surface area contributed by atoms with Gasteiger partial charge in [-0.05, 0) is 75.0 Å². The Bertz CT molecular complexity index is 1390. The van der Waals surface area contributed by atoms with Crippen molar-refractivity contribution >= 4 is 39.1 Å². The van der Waals surface area contributed by atoms with Crippen LogP contribution in [0.25, 0.3) is 0 Å². The summed E-state index contributed by atoms with van der Waals surface area (Å²) in [5, 5.41) is 22.6. The molecule has 12 heteroatoms. The van der Waals surface area contributed by atoms with Crippen LogP contribution in [0.3, 0.4) is 0 Å². The van der Waals surface area contributed by atoms with Crippen molar-refractivity contribution in [2.75, 3.05) is 58.4 Å². The van der Waals surface area contributed by atoms with E-state index in [9.17, 15) is 18.3 Å². The van der Waals surface area contributed by atoms with Crippen molar-refractivity contribution in [1.82, 2.24) is 9.97 Å². The summed E-state index contributed by atoms with van der Waals surface area (Å²) in [7, 11) is -3.71. The fourth-order valence-corrected chi connectivity index (χ4v) is 6.89. The second kappa shape index (κ2) is 9.60. The van der Waals surface area contributed by atoms with Gasteiger partial charge in [-0.1, -0.05) is 0 Å². The number of fused-ring (bicyclic) bond motifs is 1. The van der Waals surface area contributed by atoms with Gasteiger partial charge in [0.25, 0.3) is 5.91 Å². The third-order valence-electron chi connectivity index (χ3n) is 8.78. The smallest absolute Gasteiger partial charge is 0.258 e. The minimum absolute atomic E-state index is 0.343. The number of amides is 1. The van der Waals surface area contributed by atoms with Gasteiger partial charge in [-0.3, -0.25) is 9.52 Å². The van der Waals surface area contributed by atoms with Gasteiger partial charge in [-0.2, -0.15) is 4.98 Å². The highest BCUT2D eigenvalue weighted by Gasteiger charge is 2.56. The number of hydrogen-bond acceptors (Lipinski definition) is 9. The van der Waals surface area contributed by atoms with Crippen LogP contribution in [0.2, 0.25) is 0 Å². The second-order valence-electron chi connectivity index (χ2n) is 11.7. The number of sulfonamides is 1. The Balaban J connectivity index is 1.25. The third kappa shape index (κ3) is 5.55. The van der Waals surface area contributed by atoms with Gasteiger partial charge in [0, 0.05) is 37.9 Å². The highest BCUT2D eigenvalue weighted by Crippen LogP contribution is 2.54. The van der Waals surface area contributed by atoms with Gasteiger partial charge < -0.3 is 25.3 Å². The molecule has 4 fully saturated rings. The summed E-state index contributed by atoms with van der Waals surface area (Å²) in [6, 6.07) is 6.61. The van der Waals surface area contributed by atoms with E-state index in [4.69, 9.17) is 5.11 Å². The van der Waals surface area contributed by atoms with Crippen LogP contribution in [0, 0.1) is 18.3 Å². The standard InChI is InChI=1S/C27H36N6O5S/c1-18-14-23(30-25(28-18)33-9-4-19-16-27(19,36)17-33)29-24(35)21-3-2-20(31-39(37,38)13-12-34)15-22(21)32-10-7-26(5-6-26)8-11-32/h2-3,14-15,19,31,34,36H,4-13,16-17H2,1H3,(H,28,29,30,35)/t19?,27-/m0/s1. The average molecular weight is 557 g/mol. The largest absolute Gasteiger partial charge is 0.395 e. The molecule has 0 radical (unpaired) electrons. The summed E-state index contributed by atoms with van der Waals surface area (Å²) in [5.41, 5.74) is 1.94. The summed E-state index contributed by atoms with van der Waals surface area (Å²) in [6.07, 6.45) is 6.30. The van der Waals surface area contributed by atoms with Crippen LogP contribution < -0.4 is 19.8 Å². The monoisotopic (exact) mass is 556 g/mol. The number of nitrogens with one attached hydrogen (secondary N) is 2. The summed E-state index contributed by atoms with van der Waals surface area (Å²) in [6.45, 7) is 4.21. The molecule has 210 valence electrons. The van der Waals surface area contributed by atoms with E-state index in [1.165, 1.54) is 12.8 Å². The van der Waals surface area contributed by atoms with Gasteiger partial charge >= 0.3 is 0 Å². The van der Waals surface area contributed by atoms with Crippen LogP contribution in [0.1, 0.15) is 54.6 Å². The molecular weight excluding hydrogens is 520 g/mol. The van der Waals surface area contributed by atoms with Crippen molar-refractivity contribution in [2.45, 2.75) is 51.0 Å². The van der Waals surface area contributed by atoms with Crippen LogP contribution in [-0.2, 0) is 10.0 Å². The fourth-order valence-electron chi connectivity index (χ4n) is 6.06. The van der Waals surface area contributed by atoms with Crippen LogP contribution in [0.4, 0.5) is 23.1 Å². The normalized spacial score (nSPS) is 25.3. The maximum atomic E-state index is 13.6. The molecule has 2 aliphatic heterocycles. The molecule has 3 heterocycles. The van der Waals surface area contributed by atoms with E-state index in [1.54, 1.807) is 24.3 Å². The molecule has 6 rings (SSSR count). The second-order valence-corrected chi connectivity index (χ2v) is 13.6. The zero-order valence-electron chi connectivity index (χ0n) is 22.2. The topological polar surface area (TPSA) is 148 Å². The summed E-state index contributed by atoms with van der Waals surface area (Å²) in [5.74, 6) is 0.480. The van der Waals surface area contributed by atoms with E-state index in [0.29, 0.717) is 52.3 Å². The van der Waals surface area contributed by atoms with E-state index in [-0.39, 0.29) is 5.91 Å². The molecule has 39 heavy (non-hydrogen) atoms. The number of β-amino-alcohol motifs (C(OH)–C–C–N with tert-alkyl or cyclic N) is 1. The highest BCUT2D eigenvalue weighted by atomic mass is 32.2. The van der Waals surface area contributed by atoms with Crippen molar-refractivity contribution in [3.8, 4) is 0 Å². The lowest BCUT2D eigenvalue weighted by Gasteiger charge is -2.35. The Morgan fingerprint density at radius 1 is 1.10 bits per heavy atom. The highest BCUT2D eigenvalue weighted by molar-refractivity contribution is 7.92. The van der Waals surface area contributed by atoms with E-state index in [2.05, 4.69) is 24.9 Å². The molecule has 4 aliphatic rings. The van der Waals surface area contributed by atoms with Crippen molar-refractivity contribution in [3.63, 3.8) is 0 Å². The number of rotatable bonds is 8. The van der Waals surface area contributed by atoms with E-state index < -0.39 is 28.0 Å². The average Bonchev–Trinajstić information content (AvgIpc) is 3.79. The molecule has 1 amide bonds. The maximum Gasteiger partial charge on any atom is 0.258 e. The van der Waals surface area contributed by atoms with Crippen LogP contribution in [0.5, 0.6) is 0 Å². The summed E-state index contributed by atoms with van der Waals surface area (Å²) < 4.78 is 27.1. The Kier molecular flexibility index (Phi) is 6.47. The first-order valence-electron chi connectivity index (χ1n) is 13.7. The van der Waals surface area contributed by atoms with Crippen LogP contribution in [-0.4, -0.2) is 78.6 Å². The first-order chi connectivity index (χ1) is 18.6. The number of aryl methyl sites for hydroxylation is 1. The molecule has 2 atom stereocenters. The fraction of sp³-hybridized carbons (Fsp3) is 0.593. The SMILES string of the molecule is Cc1cc(NC(=O)c2ccc(NS(=O)(=O)CCO)cc2N2CCC3(CC2)CC3)nc(N2CCC3C[C@]3(O)C2)n1. The molecular formula is C27H36N6O5S. The number of hydrogen-bond donors (Lipinski definition) is 4. The van der Waals surface area contributed by atoms with E-state index >= 15 is 0 Å². The Hall–Kier alpha value is -2.96. The molecule has 2 aromatic rings. The van der Waals surface area contributed by atoms with Crippen molar-refractivity contribution < 1.29 is 23.4 Å². The van der Waals surface area contributed by atoms with Gasteiger partial charge in [0.1, 0.15) is 5.82 Å². The molecule has 1 spiro atoms. The van der Waals surface area contributed by atoms with Gasteiger partial charge in [-0.25, -0.2) is 13.4 Å². The first kappa shape index (κ1) is 26.3. The predicted molar refractivity (Wildman–Crippen MR) is 149 cm³/mol. The molecule has 0 bridgehead atoms. The Labute approximate surface area is 228 Å². The van der Waals surface area contributed by atoms with E-state index in [1.807, 2.05) is 11.8 Å². The number of carbonyl (C=O) groups excluding carboxylic acids is 1. The molecule has 1 aromatic carbocycles. The zero-order valence-corrected chi connectivity index (χ0v) is 23.0. The lowest BCUT2D eigenvalue weighted by molar-refractivity contribution is 0.102. The van der Waals surface area contributed by atoms with Gasteiger partial charge in [0.2, 0.25) is 16.0 Å². The number of piperidine rings is 2. The number of aromatic nitrogens is 2. The number of nitrogens with zero attached hydrogens (tertiary/aromatic N) is 4. The van der Waals surface area contributed by atoms with Crippen molar-refractivity contribution in [1.29, 1.82) is 0 Å². The molecule has 1 aromatic heterocycles. The molecule has 2 aliphatic carbocycles. The van der Waals surface area contributed by atoms with E-state index in [0.717, 1.165) is 45.3 Å². The zero-order chi connectivity index (χ0) is 27.4. The lowest BCUT2D eigenvalue weighted by atomic mass is 9.93. The van der Waals surface area contributed by atoms with Crippen molar-refractivity contribution in [2.24, 2.45) is 11.3 Å². The minimum Gasteiger partial charge on any atom is -0.395 e. The molecule has 1 unspecified atom stereocenters. The van der Waals surface area contributed by atoms with Crippen LogP contribution in [0.15, 0.2) is 24.3 Å². The molecule has 11 nitrogen and oxygen atoms in total. The minimum atomic E-state index is -3.71.